The Kier molecular flexibility index (Phi) is 4.39. The van der Waals surface area contributed by atoms with Gasteiger partial charge >= 0.3 is 0 Å². The van der Waals surface area contributed by atoms with E-state index >= 15 is 0 Å². The number of aromatic nitrogens is 1. The Labute approximate surface area is 126 Å². The fraction of sp³-hybridized carbons (Fsp3) is 0.200. The maximum Gasteiger partial charge on any atom is 0.163 e. The molecule has 2 aromatic rings. The average molecular weight is 335 g/mol. The molecule has 0 aliphatic heterocycles. The van der Waals surface area contributed by atoms with Gasteiger partial charge in [-0.1, -0.05) is 22.0 Å². The molecule has 0 atom stereocenters. The number of Topliss-reactive ketones (excluding diaryl/α,β-unsaturated/α-hetero) is 1. The molecule has 0 amide bonds. The van der Waals surface area contributed by atoms with E-state index in [1.165, 1.54) is 6.92 Å². The highest BCUT2D eigenvalue weighted by molar-refractivity contribution is 9.10. The summed E-state index contributed by atoms with van der Waals surface area (Å²) in [6, 6.07) is 9.12. The Morgan fingerprint density at radius 3 is 2.80 bits per heavy atom. The number of ketones is 1. The highest BCUT2D eigenvalue weighted by Crippen LogP contribution is 2.31. The molecule has 104 valence electrons. The van der Waals surface area contributed by atoms with Gasteiger partial charge in [-0.25, -0.2) is 0 Å². The molecule has 4 nitrogen and oxygen atoms in total. The van der Waals surface area contributed by atoms with Crippen molar-refractivity contribution in [2.24, 2.45) is 0 Å². The zero-order valence-corrected chi connectivity index (χ0v) is 12.9. The lowest BCUT2D eigenvalue weighted by molar-refractivity contribution is 0.101. The number of hydrogen-bond donors (Lipinski definition) is 1. The zero-order chi connectivity index (χ0) is 14.7. The van der Waals surface area contributed by atoms with E-state index in [0.717, 1.165) is 15.9 Å². The fourth-order valence-corrected chi connectivity index (χ4v) is 2.34. The van der Waals surface area contributed by atoms with Gasteiger partial charge in [-0.2, -0.15) is 0 Å². The molecule has 0 bridgehead atoms. The summed E-state index contributed by atoms with van der Waals surface area (Å²) in [6.45, 7) is 3.67. The van der Waals surface area contributed by atoms with E-state index in [2.05, 4.69) is 20.9 Å². The lowest BCUT2D eigenvalue weighted by atomic mass is 10.1. The number of rotatable bonds is 4. The fourth-order valence-electron chi connectivity index (χ4n) is 1.86. The Morgan fingerprint density at radius 1 is 1.40 bits per heavy atom. The molecular formula is C15H15BrN2O2. The number of hydrogen-bond acceptors (Lipinski definition) is 4. The van der Waals surface area contributed by atoms with E-state index in [-0.39, 0.29) is 12.4 Å². The van der Waals surface area contributed by atoms with Gasteiger partial charge in [0, 0.05) is 10.2 Å². The Bertz CT molecular complexity index is 656. The van der Waals surface area contributed by atoms with Crippen LogP contribution in [0.25, 0.3) is 0 Å². The summed E-state index contributed by atoms with van der Waals surface area (Å²) in [4.78, 5) is 16.0. The number of halogens is 1. The number of carbonyl (C=O) groups is 1. The van der Waals surface area contributed by atoms with E-state index in [9.17, 15) is 4.79 Å². The summed E-state index contributed by atoms with van der Waals surface area (Å²) >= 11 is 3.32. The van der Waals surface area contributed by atoms with Crippen molar-refractivity contribution < 1.29 is 9.53 Å². The molecule has 0 radical (unpaired) electrons. The average Bonchev–Trinajstić information content (AvgIpc) is 2.36. The number of nitrogen functional groups attached to an aromatic ring is 1. The molecule has 0 aliphatic rings. The second-order valence-corrected chi connectivity index (χ2v) is 5.40. The van der Waals surface area contributed by atoms with E-state index in [1.54, 1.807) is 12.1 Å². The van der Waals surface area contributed by atoms with Crippen molar-refractivity contribution in [3.63, 3.8) is 0 Å². The molecule has 2 rings (SSSR count). The van der Waals surface area contributed by atoms with Gasteiger partial charge in [0.15, 0.2) is 11.5 Å². The van der Waals surface area contributed by atoms with Crippen LogP contribution in [-0.4, -0.2) is 10.8 Å². The van der Waals surface area contributed by atoms with Gasteiger partial charge < -0.3 is 10.5 Å². The largest absolute Gasteiger partial charge is 0.484 e. The lowest BCUT2D eigenvalue weighted by Gasteiger charge is -2.13. The van der Waals surface area contributed by atoms with Gasteiger partial charge in [0.05, 0.1) is 16.9 Å². The van der Waals surface area contributed by atoms with Crippen LogP contribution in [0.1, 0.15) is 28.7 Å². The molecule has 0 saturated carbocycles. The second-order valence-electron chi connectivity index (χ2n) is 4.49. The molecule has 1 aromatic carbocycles. The van der Waals surface area contributed by atoms with E-state index in [4.69, 9.17) is 10.5 Å². The van der Waals surface area contributed by atoms with Crippen molar-refractivity contribution in [1.29, 1.82) is 0 Å². The van der Waals surface area contributed by atoms with Crippen molar-refractivity contribution in [3.05, 3.63) is 51.8 Å². The third-order valence-electron chi connectivity index (χ3n) is 2.77. The maximum absolute atomic E-state index is 11.7. The number of nitrogens with two attached hydrogens (primary N) is 1. The van der Waals surface area contributed by atoms with Gasteiger partial charge in [0.25, 0.3) is 0 Å². The molecule has 0 unspecified atom stereocenters. The highest BCUT2D eigenvalue weighted by atomic mass is 79.9. The minimum atomic E-state index is -0.0924. The van der Waals surface area contributed by atoms with Gasteiger partial charge in [-0.05, 0) is 38.1 Å². The lowest BCUT2D eigenvalue weighted by Crippen LogP contribution is -2.06. The molecule has 0 aliphatic carbocycles. The quantitative estimate of drug-likeness (QED) is 0.686. The normalized spacial score (nSPS) is 10.3. The number of aryl methyl sites for hydroxylation is 1. The first-order chi connectivity index (χ1) is 9.47. The standard InChI is InChI=1S/C15H15BrN2O2/c1-9-4-3-5-12(18-9)8-20-15-13(10(2)19)6-11(16)7-14(15)17/h3-7H,8,17H2,1-2H3. The predicted octanol–water partition coefficient (Wildman–Crippen LogP) is 3.52. The summed E-state index contributed by atoms with van der Waals surface area (Å²) in [5.74, 6) is 0.314. The molecule has 0 fully saturated rings. The predicted molar refractivity (Wildman–Crippen MR) is 81.9 cm³/mol. The van der Waals surface area contributed by atoms with Crippen molar-refractivity contribution in [2.45, 2.75) is 20.5 Å². The van der Waals surface area contributed by atoms with E-state index < -0.39 is 0 Å². The van der Waals surface area contributed by atoms with E-state index in [0.29, 0.717) is 17.0 Å². The summed E-state index contributed by atoms with van der Waals surface area (Å²) in [7, 11) is 0. The van der Waals surface area contributed by atoms with Crippen molar-refractivity contribution in [1.82, 2.24) is 4.98 Å². The third kappa shape index (κ3) is 3.36. The van der Waals surface area contributed by atoms with Crippen molar-refractivity contribution in [3.8, 4) is 5.75 Å². The summed E-state index contributed by atoms with van der Waals surface area (Å²) in [6.07, 6.45) is 0. The van der Waals surface area contributed by atoms with Gasteiger partial charge in [0.2, 0.25) is 0 Å². The molecule has 2 N–H and O–H groups in total. The van der Waals surface area contributed by atoms with Crippen LogP contribution in [0.4, 0.5) is 5.69 Å². The zero-order valence-electron chi connectivity index (χ0n) is 11.3. The van der Waals surface area contributed by atoms with E-state index in [1.807, 2.05) is 25.1 Å². The first-order valence-corrected chi connectivity index (χ1v) is 6.92. The monoisotopic (exact) mass is 334 g/mol. The van der Waals surface area contributed by atoms with Gasteiger partial charge in [-0.15, -0.1) is 0 Å². The van der Waals surface area contributed by atoms with Crippen molar-refractivity contribution in [2.75, 3.05) is 5.73 Å². The molecular weight excluding hydrogens is 320 g/mol. The van der Waals surface area contributed by atoms with Crippen LogP contribution in [-0.2, 0) is 6.61 Å². The first kappa shape index (κ1) is 14.5. The number of nitrogens with zero attached hydrogens (tertiary/aromatic N) is 1. The smallest absolute Gasteiger partial charge is 0.163 e. The van der Waals surface area contributed by atoms with Crippen LogP contribution in [0.5, 0.6) is 5.75 Å². The number of benzene rings is 1. The molecule has 0 saturated heterocycles. The topological polar surface area (TPSA) is 65.2 Å². The Morgan fingerprint density at radius 2 is 2.15 bits per heavy atom. The van der Waals surface area contributed by atoms with Crippen LogP contribution < -0.4 is 10.5 Å². The first-order valence-electron chi connectivity index (χ1n) is 6.12. The van der Waals surface area contributed by atoms with Crippen LogP contribution >= 0.6 is 15.9 Å². The number of anilines is 1. The van der Waals surface area contributed by atoms with Crippen LogP contribution in [0.3, 0.4) is 0 Å². The highest BCUT2D eigenvalue weighted by Gasteiger charge is 2.14. The van der Waals surface area contributed by atoms with Gasteiger partial charge in [-0.3, -0.25) is 9.78 Å². The summed E-state index contributed by atoms with van der Waals surface area (Å²) in [5.41, 5.74) is 8.53. The Hall–Kier alpha value is -1.88. The number of carbonyl (C=O) groups excluding carboxylic acids is 1. The second kappa shape index (κ2) is 6.05. The molecule has 5 heteroatoms. The molecule has 0 spiro atoms. The third-order valence-corrected chi connectivity index (χ3v) is 3.23. The number of ether oxygens (including phenoxy) is 1. The SMILES string of the molecule is CC(=O)c1cc(Br)cc(N)c1OCc1cccc(C)n1. The van der Waals surface area contributed by atoms with Crippen LogP contribution in [0.15, 0.2) is 34.8 Å². The minimum absolute atomic E-state index is 0.0924. The summed E-state index contributed by atoms with van der Waals surface area (Å²) in [5, 5.41) is 0. The minimum Gasteiger partial charge on any atom is -0.484 e. The molecule has 1 heterocycles. The number of pyridine rings is 1. The maximum atomic E-state index is 11.7. The summed E-state index contributed by atoms with van der Waals surface area (Å²) < 4.78 is 6.45. The molecule has 1 aromatic heterocycles. The van der Waals surface area contributed by atoms with Crippen molar-refractivity contribution >= 4 is 27.4 Å². The van der Waals surface area contributed by atoms with Crippen LogP contribution in [0.2, 0.25) is 0 Å². The van der Waals surface area contributed by atoms with Gasteiger partial charge in [0.1, 0.15) is 6.61 Å². The molecule has 20 heavy (non-hydrogen) atoms. The van der Waals surface area contributed by atoms with Crippen LogP contribution in [0, 0.1) is 6.92 Å². The Balaban J connectivity index is 2.27.